The molecule has 92 valence electrons. The van der Waals surface area contributed by atoms with Gasteiger partial charge >= 0.3 is 5.97 Å². The molecule has 0 amide bonds. The minimum absolute atomic E-state index is 0.0447. The van der Waals surface area contributed by atoms with Crippen LogP contribution >= 0.6 is 0 Å². The molecule has 2 bridgehead atoms. The summed E-state index contributed by atoms with van der Waals surface area (Å²) in [4.78, 5) is 11.6. The van der Waals surface area contributed by atoms with Crippen molar-refractivity contribution in [1.82, 2.24) is 0 Å². The number of rotatable bonds is 2. The van der Waals surface area contributed by atoms with Gasteiger partial charge < -0.3 is 4.74 Å². The molecular weight excluding hydrogens is 214 g/mol. The molecule has 3 heteroatoms. The Balaban J connectivity index is 2.14. The molecule has 3 nitrogen and oxygen atoms in total. The van der Waals surface area contributed by atoms with Gasteiger partial charge in [0.15, 0.2) is 0 Å². The molecule has 0 N–H and O–H groups in total. The van der Waals surface area contributed by atoms with Gasteiger partial charge in [0.1, 0.15) is 17.7 Å². The van der Waals surface area contributed by atoms with Crippen molar-refractivity contribution in [2.45, 2.75) is 46.1 Å². The topological polar surface area (TPSA) is 50.1 Å². The molecule has 0 aromatic rings. The van der Waals surface area contributed by atoms with E-state index < -0.39 is 5.97 Å². The Morgan fingerprint density at radius 1 is 1.47 bits per heavy atom. The van der Waals surface area contributed by atoms with Gasteiger partial charge in [-0.2, -0.15) is 5.26 Å². The van der Waals surface area contributed by atoms with Crippen LogP contribution in [0.15, 0.2) is 12.2 Å². The van der Waals surface area contributed by atoms with Crippen LogP contribution in [0.1, 0.15) is 40.0 Å². The van der Waals surface area contributed by atoms with Crippen molar-refractivity contribution >= 4 is 5.97 Å². The van der Waals surface area contributed by atoms with Crippen molar-refractivity contribution < 1.29 is 9.53 Å². The molecule has 0 spiro atoms. The number of fused-ring (bicyclic) bond motifs is 2. The molecule has 2 aliphatic carbocycles. The van der Waals surface area contributed by atoms with Gasteiger partial charge in [0.05, 0.1) is 0 Å². The summed E-state index contributed by atoms with van der Waals surface area (Å²) in [6.07, 6.45) is 3.18. The summed E-state index contributed by atoms with van der Waals surface area (Å²) in [6.45, 7) is 10.1. The number of hydrogen-bond acceptors (Lipinski definition) is 3. The highest BCUT2D eigenvalue weighted by molar-refractivity contribution is 5.92. The van der Waals surface area contributed by atoms with Crippen LogP contribution in [0.5, 0.6) is 0 Å². The first-order valence-corrected chi connectivity index (χ1v) is 6.13. The monoisotopic (exact) mass is 233 g/mol. The summed E-state index contributed by atoms with van der Waals surface area (Å²) in [7, 11) is 0. The lowest BCUT2D eigenvalue weighted by atomic mass is 9.70. The fraction of sp³-hybridized carbons (Fsp3) is 0.714. The van der Waals surface area contributed by atoms with Crippen LogP contribution in [-0.2, 0) is 9.53 Å². The molecule has 0 saturated heterocycles. The zero-order chi connectivity index (χ0) is 12.8. The third kappa shape index (κ3) is 1.50. The number of hydrogen-bond donors (Lipinski definition) is 0. The highest BCUT2D eigenvalue weighted by atomic mass is 16.5. The van der Waals surface area contributed by atoms with Crippen LogP contribution in [0.3, 0.4) is 0 Å². The SMILES string of the molecule is C=C(C#N)C(=O)OC1C[C@H]2CC[C@@]1(C)C2(C)C. The van der Waals surface area contributed by atoms with Crippen LogP contribution < -0.4 is 0 Å². The zero-order valence-corrected chi connectivity index (χ0v) is 10.7. The van der Waals surface area contributed by atoms with Crippen molar-refractivity contribution in [3.05, 3.63) is 12.2 Å². The third-order valence-corrected chi connectivity index (χ3v) is 5.34. The standard InChI is InChI=1S/C14H19NO2/c1-9(8-15)12(16)17-11-7-10-5-6-14(11,4)13(10,2)3/h10-11H,1,5-7H2,2-4H3/t10-,11?,14-/m1/s1. The maximum Gasteiger partial charge on any atom is 0.348 e. The second kappa shape index (κ2) is 3.60. The Morgan fingerprint density at radius 3 is 2.53 bits per heavy atom. The molecule has 2 aliphatic rings. The van der Waals surface area contributed by atoms with Gasteiger partial charge in [-0.05, 0) is 30.6 Å². The Bertz CT molecular complexity index is 418. The molecule has 2 fully saturated rings. The van der Waals surface area contributed by atoms with Crippen LogP contribution in [-0.4, -0.2) is 12.1 Å². The number of ether oxygens (including phenoxy) is 1. The number of carbonyl (C=O) groups is 1. The maximum absolute atomic E-state index is 11.6. The smallest absolute Gasteiger partial charge is 0.348 e. The van der Waals surface area contributed by atoms with Crippen molar-refractivity contribution in [3.63, 3.8) is 0 Å². The molecule has 17 heavy (non-hydrogen) atoms. The van der Waals surface area contributed by atoms with Crippen molar-refractivity contribution in [2.75, 3.05) is 0 Å². The average molecular weight is 233 g/mol. The molecule has 0 heterocycles. The third-order valence-electron chi connectivity index (χ3n) is 5.34. The van der Waals surface area contributed by atoms with E-state index >= 15 is 0 Å². The molecule has 0 aromatic carbocycles. The summed E-state index contributed by atoms with van der Waals surface area (Å²) in [6, 6.07) is 1.75. The number of esters is 1. The van der Waals surface area contributed by atoms with E-state index in [-0.39, 0.29) is 22.5 Å². The summed E-state index contributed by atoms with van der Waals surface area (Å²) in [5.74, 6) is 0.0720. The number of carbonyl (C=O) groups excluding carboxylic acids is 1. The molecule has 2 rings (SSSR count). The predicted molar refractivity (Wildman–Crippen MR) is 63.9 cm³/mol. The summed E-state index contributed by atoms with van der Waals surface area (Å²) in [5.41, 5.74) is 0.156. The Labute approximate surface area is 102 Å². The molecular formula is C14H19NO2. The second-order valence-electron chi connectivity index (χ2n) is 6.09. The van der Waals surface area contributed by atoms with Crippen molar-refractivity contribution in [3.8, 4) is 6.07 Å². The largest absolute Gasteiger partial charge is 0.458 e. The lowest BCUT2D eigenvalue weighted by Gasteiger charge is -2.38. The minimum atomic E-state index is -0.554. The maximum atomic E-state index is 11.6. The highest BCUT2D eigenvalue weighted by Crippen LogP contribution is 2.66. The van der Waals surface area contributed by atoms with Crippen molar-refractivity contribution in [2.24, 2.45) is 16.7 Å². The van der Waals surface area contributed by atoms with Gasteiger partial charge in [0.2, 0.25) is 0 Å². The molecule has 1 unspecified atom stereocenters. The Kier molecular flexibility index (Phi) is 2.57. The van der Waals surface area contributed by atoms with Gasteiger partial charge in [-0.1, -0.05) is 27.4 Å². The van der Waals surface area contributed by atoms with Gasteiger partial charge in [-0.25, -0.2) is 4.79 Å². The van der Waals surface area contributed by atoms with Gasteiger partial charge in [0.25, 0.3) is 0 Å². The summed E-state index contributed by atoms with van der Waals surface area (Å²) in [5, 5.41) is 8.63. The normalized spacial score (nSPS) is 37.5. The van der Waals surface area contributed by atoms with E-state index in [9.17, 15) is 4.79 Å². The first-order valence-electron chi connectivity index (χ1n) is 6.13. The summed E-state index contributed by atoms with van der Waals surface area (Å²) < 4.78 is 5.48. The fourth-order valence-corrected chi connectivity index (χ4v) is 3.55. The van der Waals surface area contributed by atoms with E-state index in [0.29, 0.717) is 5.92 Å². The van der Waals surface area contributed by atoms with E-state index in [0.717, 1.165) is 12.8 Å². The van der Waals surface area contributed by atoms with Gasteiger partial charge in [-0.3, -0.25) is 0 Å². The molecule has 0 radical (unpaired) electrons. The first kappa shape index (κ1) is 12.2. The first-order chi connectivity index (χ1) is 7.83. The van der Waals surface area contributed by atoms with E-state index in [1.165, 1.54) is 6.42 Å². The van der Waals surface area contributed by atoms with Crippen LogP contribution in [0.2, 0.25) is 0 Å². The predicted octanol–water partition coefficient (Wildman–Crippen LogP) is 2.82. The lowest BCUT2D eigenvalue weighted by molar-refractivity contribution is -0.151. The van der Waals surface area contributed by atoms with Gasteiger partial charge in [0, 0.05) is 5.41 Å². The number of nitrogens with zero attached hydrogens (tertiary/aromatic N) is 1. The zero-order valence-electron chi connectivity index (χ0n) is 10.7. The Morgan fingerprint density at radius 2 is 2.12 bits per heavy atom. The molecule has 2 saturated carbocycles. The van der Waals surface area contributed by atoms with Crippen molar-refractivity contribution in [1.29, 1.82) is 5.26 Å². The van der Waals surface area contributed by atoms with E-state index in [1.807, 2.05) is 0 Å². The molecule has 3 atom stereocenters. The average Bonchev–Trinajstić information content (AvgIpc) is 2.60. The van der Waals surface area contributed by atoms with E-state index in [1.54, 1.807) is 6.07 Å². The summed E-state index contributed by atoms with van der Waals surface area (Å²) >= 11 is 0. The van der Waals surface area contributed by atoms with Crippen LogP contribution in [0, 0.1) is 28.1 Å². The highest BCUT2D eigenvalue weighted by Gasteiger charge is 2.62. The Hall–Kier alpha value is -1.30. The lowest BCUT2D eigenvalue weighted by Crippen LogP contribution is -2.38. The molecule has 0 aliphatic heterocycles. The van der Waals surface area contributed by atoms with Crippen LogP contribution in [0.25, 0.3) is 0 Å². The number of nitriles is 1. The van der Waals surface area contributed by atoms with Crippen LogP contribution in [0.4, 0.5) is 0 Å². The fourth-order valence-electron chi connectivity index (χ4n) is 3.55. The minimum Gasteiger partial charge on any atom is -0.458 e. The quantitative estimate of drug-likeness (QED) is 0.418. The van der Waals surface area contributed by atoms with E-state index in [2.05, 4.69) is 27.4 Å². The van der Waals surface area contributed by atoms with E-state index in [4.69, 9.17) is 10.00 Å². The second-order valence-corrected chi connectivity index (χ2v) is 6.09. The van der Waals surface area contributed by atoms with Gasteiger partial charge in [-0.15, -0.1) is 0 Å². The molecule has 0 aromatic heterocycles.